The number of amides is 2. The number of nitrogens with two attached hydrogens (primary N) is 1. The first-order chi connectivity index (χ1) is 13.3. The number of carboxylic acid groups (broad SMARTS) is 1. The summed E-state index contributed by atoms with van der Waals surface area (Å²) in [7, 11) is 0. The Hall–Kier alpha value is -2.68. The van der Waals surface area contributed by atoms with Gasteiger partial charge in [0.05, 0.1) is 18.7 Å². The maximum atomic E-state index is 15.0. The van der Waals surface area contributed by atoms with Gasteiger partial charge in [-0.2, -0.15) is 0 Å². The Bertz CT molecular complexity index is 866. The molecule has 0 bridgehead atoms. The van der Waals surface area contributed by atoms with Gasteiger partial charge in [-0.3, -0.25) is 14.4 Å². The number of primary amides is 1. The average molecular weight is 391 g/mol. The number of carbonyl (C=O) groups is 3. The van der Waals surface area contributed by atoms with Crippen LogP contribution in [-0.2, 0) is 21.5 Å². The quantitative estimate of drug-likeness (QED) is 0.673. The largest absolute Gasteiger partial charge is 0.492 e. The lowest BCUT2D eigenvalue weighted by Crippen LogP contribution is -2.45. The number of piperidine rings is 1. The molecule has 1 fully saturated rings. The summed E-state index contributed by atoms with van der Waals surface area (Å²) >= 11 is 0. The Morgan fingerprint density at radius 3 is 2.75 bits per heavy atom. The monoisotopic (exact) mass is 391 g/mol. The number of hydrogen-bond donors (Lipinski definition) is 3. The van der Waals surface area contributed by atoms with Crippen molar-refractivity contribution in [2.75, 3.05) is 19.7 Å². The van der Waals surface area contributed by atoms with E-state index in [9.17, 15) is 18.8 Å². The first-order valence-corrected chi connectivity index (χ1v) is 9.35. The van der Waals surface area contributed by atoms with Gasteiger partial charge in [0.15, 0.2) is 0 Å². The minimum Gasteiger partial charge on any atom is -0.492 e. The minimum absolute atomic E-state index is 0.0180. The first kappa shape index (κ1) is 18.7. The molecule has 1 unspecified atom stereocenters. The van der Waals surface area contributed by atoms with Crippen LogP contribution in [0.4, 0.5) is 4.39 Å². The third-order valence-electron chi connectivity index (χ3n) is 6.09. The van der Waals surface area contributed by atoms with Crippen molar-refractivity contribution < 1.29 is 28.6 Å². The summed E-state index contributed by atoms with van der Waals surface area (Å²) in [6.07, 6.45) is 1.20. The number of nitrogens with one attached hydrogen (secondary N) is 1. The second-order valence-corrected chi connectivity index (χ2v) is 7.69. The Kier molecular flexibility index (Phi) is 4.49. The van der Waals surface area contributed by atoms with Crippen LogP contribution >= 0.6 is 0 Å². The Balaban J connectivity index is 1.70. The first-order valence-electron chi connectivity index (χ1n) is 9.35. The minimum atomic E-state index is -1.11. The number of ether oxygens (including phenoxy) is 1. The molecule has 0 aliphatic carbocycles. The van der Waals surface area contributed by atoms with Crippen LogP contribution in [0.15, 0.2) is 6.07 Å². The lowest BCUT2D eigenvalue weighted by Gasteiger charge is -2.32. The number of hydrogen-bond acceptors (Lipinski definition) is 5. The molecule has 4 rings (SSSR count). The zero-order valence-electron chi connectivity index (χ0n) is 15.3. The fourth-order valence-corrected chi connectivity index (χ4v) is 4.58. The normalized spacial score (nSPS) is 20.6. The molecule has 150 valence electrons. The summed E-state index contributed by atoms with van der Waals surface area (Å²) < 4.78 is 20.9. The van der Waals surface area contributed by atoms with Crippen molar-refractivity contribution in [2.45, 2.75) is 43.7 Å². The van der Waals surface area contributed by atoms with Gasteiger partial charge in [-0.1, -0.05) is 0 Å². The summed E-state index contributed by atoms with van der Waals surface area (Å²) in [6.45, 7) is 2.04. The molecule has 4 N–H and O–H groups in total. The van der Waals surface area contributed by atoms with Crippen LogP contribution in [0, 0.1) is 5.82 Å². The molecule has 8 nitrogen and oxygen atoms in total. The number of nitrogens with zero attached hydrogens (tertiary/aromatic N) is 1. The van der Waals surface area contributed by atoms with Crippen molar-refractivity contribution in [2.24, 2.45) is 5.73 Å². The number of aliphatic carboxylic acids is 1. The number of rotatable bonds is 5. The van der Waals surface area contributed by atoms with Crippen molar-refractivity contribution in [3.8, 4) is 5.75 Å². The van der Waals surface area contributed by atoms with Crippen LogP contribution in [0.1, 0.15) is 47.2 Å². The van der Waals surface area contributed by atoms with Crippen molar-refractivity contribution >= 4 is 17.8 Å². The lowest BCUT2D eigenvalue weighted by molar-refractivity contribution is -0.137. The summed E-state index contributed by atoms with van der Waals surface area (Å²) in [5.41, 5.74) is 6.24. The topological polar surface area (TPSA) is 122 Å². The number of carboxylic acids is 1. The maximum absolute atomic E-state index is 15.0. The summed E-state index contributed by atoms with van der Waals surface area (Å²) in [5.74, 6) is -2.67. The van der Waals surface area contributed by atoms with E-state index in [1.165, 1.54) is 6.07 Å². The zero-order valence-corrected chi connectivity index (χ0v) is 15.3. The van der Waals surface area contributed by atoms with Gasteiger partial charge >= 0.3 is 5.97 Å². The van der Waals surface area contributed by atoms with E-state index in [0.717, 1.165) is 36.4 Å². The highest BCUT2D eigenvalue weighted by atomic mass is 19.1. The molecule has 9 heteroatoms. The fourth-order valence-electron chi connectivity index (χ4n) is 4.58. The summed E-state index contributed by atoms with van der Waals surface area (Å²) in [5, 5.41) is 12.2. The number of fused-ring (bicyclic) bond motifs is 4. The molecular formula is C19H22FN3O5. The Labute approximate surface area is 160 Å². The van der Waals surface area contributed by atoms with Gasteiger partial charge in [0.2, 0.25) is 5.91 Å². The molecule has 3 aliphatic heterocycles. The Morgan fingerprint density at radius 1 is 1.39 bits per heavy atom. The standard InChI is InChI=1S/C19H22FN3O5/c20-12-7-11-16(28-9-19(11)3-5-22-6-4-19)10-8-23(18(27)15(10)12)13(17(21)26)1-2-14(24)25/h7,13,22H,1-6,8-9H2,(H2,21,26)(H,24,25). The predicted octanol–water partition coefficient (Wildman–Crippen LogP) is 0.514. The fraction of sp³-hybridized carbons (Fsp3) is 0.526. The van der Waals surface area contributed by atoms with Gasteiger partial charge in [-0.25, -0.2) is 4.39 Å². The van der Waals surface area contributed by atoms with E-state index in [0.29, 0.717) is 17.9 Å². The van der Waals surface area contributed by atoms with Crippen LogP contribution in [0.5, 0.6) is 5.75 Å². The molecule has 1 saturated heterocycles. The Morgan fingerprint density at radius 2 is 2.11 bits per heavy atom. The zero-order chi connectivity index (χ0) is 20.1. The van der Waals surface area contributed by atoms with E-state index in [4.69, 9.17) is 15.6 Å². The second-order valence-electron chi connectivity index (χ2n) is 7.69. The summed E-state index contributed by atoms with van der Waals surface area (Å²) in [6, 6.07) is 0.282. The molecule has 1 aromatic rings. The van der Waals surface area contributed by atoms with Crippen LogP contribution in [0.25, 0.3) is 0 Å². The van der Waals surface area contributed by atoms with Crippen LogP contribution < -0.4 is 15.8 Å². The van der Waals surface area contributed by atoms with E-state index < -0.39 is 29.6 Å². The second kappa shape index (κ2) is 6.73. The highest BCUT2D eigenvalue weighted by Gasteiger charge is 2.47. The molecule has 3 aliphatic rings. The van der Waals surface area contributed by atoms with E-state index >= 15 is 0 Å². The highest BCUT2D eigenvalue weighted by molar-refractivity contribution is 6.02. The smallest absolute Gasteiger partial charge is 0.303 e. The van der Waals surface area contributed by atoms with Gasteiger partial charge in [-0.15, -0.1) is 0 Å². The van der Waals surface area contributed by atoms with Gasteiger partial charge in [0.1, 0.15) is 17.6 Å². The van der Waals surface area contributed by atoms with Crippen molar-refractivity contribution in [1.29, 1.82) is 0 Å². The van der Waals surface area contributed by atoms with Crippen LogP contribution in [0.2, 0.25) is 0 Å². The van der Waals surface area contributed by atoms with Gasteiger partial charge in [0, 0.05) is 23.0 Å². The number of benzene rings is 1. The third-order valence-corrected chi connectivity index (χ3v) is 6.09. The third kappa shape index (κ3) is 2.81. The number of halogens is 1. The SMILES string of the molecule is NC(=O)C(CCC(=O)O)N1Cc2c3c(cc(F)c2C1=O)C1(CCNCC1)CO3. The van der Waals surface area contributed by atoms with Crippen molar-refractivity contribution in [3.63, 3.8) is 0 Å². The average Bonchev–Trinajstić information content (AvgIpc) is 3.15. The summed E-state index contributed by atoms with van der Waals surface area (Å²) in [4.78, 5) is 36.7. The predicted molar refractivity (Wildman–Crippen MR) is 95.4 cm³/mol. The van der Waals surface area contributed by atoms with Gasteiger partial charge in [-0.05, 0) is 38.4 Å². The highest BCUT2D eigenvalue weighted by Crippen LogP contribution is 2.49. The van der Waals surface area contributed by atoms with E-state index in [-0.39, 0.29) is 30.4 Å². The van der Waals surface area contributed by atoms with E-state index in [1.54, 1.807) is 0 Å². The molecular weight excluding hydrogens is 369 g/mol. The molecule has 1 spiro atoms. The van der Waals surface area contributed by atoms with Gasteiger partial charge in [0.25, 0.3) is 5.91 Å². The molecule has 28 heavy (non-hydrogen) atoms. The van der Waals surface area contributed by atoms with E-state index in [2.05, 4.69) is 5.32 Å². The molecule has 0 aromatic heterocycles. The molecule has 2 amide bonds. The van der Waals surface area contributed by atoms with Crippen LogP contribution in [-0.4, -0.2) is 53.5 Å². The lowest BCUT2D eigenvalue weighted by atomic mass is 9.74. The van der Waals surface area contributed by atoms with Crippen molar-refractivity contribution in [1.82, 2.24) is 10.2 Å². The molecule has 1 atom stereocenters. The van der Waals surface area contributed by atoms with E-state index in [1.807, 2.05) is 0 Å². The van der Waals surface area contributed by atoms with Crippen molar-refractivity contribution in [3.05, 3.63) is 28.6 Å². The molecule has 0 saturated carbocycles. The molecule has 3 heterocycles. The molecule has 1 aromatic carbocycles. The van der Waals surface area contributed by atoms with Gasteiger partial charge < -0.3 is 25.8 Å². The maximum Gasteiger partial charge on any atom is 0.303 e. The molecule has 0 radical (unpaired) electrons. The van der Waals surface area contributed by atoms with Crippen LogP contribution in [0.3, 0.4) is 0 Å². The number of carbonyl (C=O) groups excluding carboxylic acids is 2.